The molecule has 0 amide bonds. The molecule has 2 aromatic rings. The number of rotatable bonds is 8. The zero-order valence-corrected chi connectivity index (χ0v) is 12.8. The molecule has 0 aliphatic carbocycles. The fourth-order valence-electron chi connectivity index (χ4n) is 2.24. The van der Waals surface area contributed by atoms with E-state index in [1.54, 1.807) is 12.1 Å². The molecule has 0 heterocycles. The molecule has 0 aliphatic rings. The van der Waals surface area contributed by atoms with Gasteiger partial charge in [0.1, 0.15) is 5.75 Å². The van der Waals surface area contributed by atoms with E-state index in [0.29, 0.717) is 0 Å². The summed E-state index contributed by atoms with van der Waals surface area (Å²) in [6.45, 7) is 2.94. The lowest BCUT2D eigenvalue weighted by molar-refractivity contribution is -0.384. The van der Waals surface area contributed by atoms with E-state index in [2.05, 4.69) is 6.92 Å². The van der Waals surface area contributed by atoms with Gasteiger partial charge in [-0.3, -0.25) is 10.1 Å². The molecule has 2 aromatic carbocycles. The number of nitro benzene ring substituents is 1. The van der Waals surface area contributed by atoms with Gasteiger partial charge in [0.2, 0.25) is 0 Å². The lowest BCUT2D eigenvalue weighted by atomic mass is 10.1. The molecule has 4 nitrogen and oxygen atoms in total. The van der Waals surface area contributed by atoms with Crippen molar-refractivity contribution in [2.24, 2.45) is 0 Å². The van der Waals surface area contributed by atoms with Crippen LogP contribution in [0.3, 0.4) is 0 Å². The average molecular weight is 299 g/mol. The third-order valence-electron chi connectivity index (χ3n) is 3.53. The molecule has 22 heavy (non-hydrogen) atoms. The van der Waals surface area contributed by atoms with Gasteiger partial charge in [-0.2, -0.15) is 0 Å². The Labute approximate surface area is 130 Å². The summed E-state index contributed by atoms with van der Waals surface area (Å²) in [4.78, 5) is 10.3. The van der Waals surface area contributed by atoms with Crippen molar-refractivity contribution in [3.63, 3.8) is 0 Å². The summed E-state index contributed by atoms with van der Waals surface area (Å²) in [5.74, 6) is 0.863. The van der Waals surface area contributed by atoms with Crippen LogP contribution in [-0.2, 0) is 0 Å². The first-order valence-electron chi connectivity index (χ1n) is 7.68. The van der Waals surface area contributed by atoms with Crippen LogP contribution in [0.5, 0.6) is 5.75 Å². The topological polar surface area (TPSA) is 52.4 Å². The Morgan fingerprint density at radius 3 is 2.05 bits per heavy atom. The quantitative estimate of drug-likeness (QED) is 0.381. The van der Waals surface area contributed by atoms with Gasteiger partial charge in [-0.25, -0.2) is 0 Å². The third kappa shape index (κ3) is 4.58. The van der Waals surface area contributed by atoms with E-state index in [-0.39, 0.29) is 10.6 Å². The number of nitro groups is 1. The molecule has 0 unspecified atom stereocenters. The first-order chi connectivity index (χ1) is 10.7. The number of hydrogen-bond donors (Lipinski definition) is 0. The van der Waals surface area contributed by atoms with Crippen LogP contribution in [0.15, 0.2) is 48.5 Å². The van der Waals surface area contributed by atoms with Crippen molar-refractivity contribution in [1.82, 2.24) is 0 Å². The van der Waals surface area contributed by atoms with Crippen LogP contribution in [0.2, 0.25) is 0 Å². The highest BCUT2D eigenvalue weighted by Crippen LogP contribution is 2.24. The lowest BCUT2D eigenvalue weighted by Gasteiger charge is -2.07. The van der Waals surface area contributed by atoms with Crippen LogP contribution < -0.4 is 4.74 Å². The summed E-state index contributed by atoms with van der Waals surface area (Å²) >= 11 is 0. The van der Waals surface area contributed by atoms with Gasteiger partial charge in [0, 0.05) is 12.1 Å². The number of benzene rings is 2. The Kier molecular flexibility index (Phi) is 5.95. The van der Waals surface area contributed by atoms with E-state index in [1.165, 1.54) is 31.4 Å². The number of nitrogens with zero attached hydrogens (tertiary/aromatic N) is 1. The van der Waals surface area contributed by atoms with Crippen LogP contribution in [0.4, 0.5) is 5.69 Å². The van der Waals surface area contributed by atoms with Crippen LogP contribution >= 0.6 is 0 Å². The SMILES string of the molecule is CCCCCCOc1ccc(-c2ccc([N+](=O)[O-])cc2)cc1. The minimum absolute atomic E-state index is 0.107. The number of unbranched alkanes of at least 4 members (excludes halogenated alkanes) is 3. The average Bonchev–Trinajstić information content (AvgIpc) is 2.55. The van der Waals surface area contributed by atoms with Gasteiger partial charge in [-0.15, -0.1) is 0 Å². The molecule has 0 saturated carbocycles. The highest BCUT2D eigenvalue weighted by molar-refractivity contribution is 5.65. The lowest BCUT2D eigenvalue weighted by Crippen LogP contribution is -1.96. The van der Waals surface area contributed by atoms with Crippen molar-refractivity contribution in [1.29, 1.82) is 0 Å². The fourth-order valence-corrected chi connectivity index (χ4v) is 2.24. The van der Waals surface area contributed by atoms with Crippen molar-refractivity contribution in [2.45, 2.75) is 32.6 Å². The Hall–Kier alpha value is -2.36. The standard InChI is InChI=1S/C18H21NO3/c1-2-3-4-5-14-22-18-12-8-16(9-13-18)15-6-10-17(11-7-15)19(20)21/h6-13H,2-5,14H2,1H3. The van der Waals surface area contributed by atoms with E-state index in [1.807, 2.05) is 24.3 Å². The van der Waals surface area contributed by atoms with Gasteiger partial charge < -0.3 is 4.74 Å². The Morgan fingerprint density at radius 2 is 1.50 bits per heavy atom. The number of ether oxygens (including phenoxy) is 1. The van der Waals surface area contributed by atoms with Crippen molar-refractivity contribution < 1.29 is 9.66 Å². The molecule has 0 bridgehead atoms. The summed E-state index contributed by atoms with van der Waals surface area (Å²) in [6.07, 6.45) is 4.77. The molecular weight excluding hydrogens is 278 g/mol. The molecule has 116 valence electrons. The third-order valence-corrected chi connectivity index (χ3v) is 3.53. The van der Waals surface area contributed by atoms with Gasteiger partial charge >= 0.3 is 0 Å². The number of hydrogen-bond acceptors (Lipinski definition) is 3. The van der Waals surface area contributed by atoms with Crippen molar-refractivity contribution >= 4 is 5.69 Å². The van der Waals surface area contributed by atoms with Crippen molar-refractivity contribution in [3.05, 3.63) is 58.6 Å². The van der Waals surface area contributed by atoms with E-state index >= 15 is 0 Å². The molecular formula is C18H21NO3. The zero-order valence-electron chi connectivity index (χ0n) is 12.8. The Balaban J connectivity index is 1.92. The maximum absolute atomic E-state index is 10.6. The molecule has 0 fully saturated rings. The molecule has 4 heteroatoms. The second-order valence-corrected chi connectivity index (χ2v) is 5.24. The summed E-state index contributed by atoms with van der Waals surface area (Å²) in [6, 6.07) is 14.4. The minimum atomic E-state index is -0.390. The minimum Gasteiger partial charge on any atom is -0.494 e. The van der Waals surface area contributed by atoms with Crippen LogP contribution in [-0.4, -0.2) is 11.5 Å². The Bertz CT molecular complexity index is 591. The molecule has 2 rings (SSSR count). The van der Waals surface area contributed by atoms with Crippen molar-refractivity contribution in [2.75, 3.05) is 6.61 Å². The zero-order chi connectivity index (χ0) is 15.8. The van der Waals surface area contributed by atoms with Crippen LogP contribution in [0, 0.1) is 10.1 Å². The predicted octanol–water partition coefficient (Wildman–Crippen LogP) is 5.22. The largest absolute Gasteiger partial charge is 0.494 e. The molecule has 0 radical (unpaired) electrons. The summed E-state index contributed by atoms with van der Waals surface area (Å²) < 4.78 is 5.70. The summed E-state index contributed by atoms with van der Waals surface area (Å²) in [5.41, 5.74) is 2.09. The molecule has 0 aromatic heterocycles. The molecule has 0 atom stereocenters. The van der Waals surface area contributed by atoms with Gasteiger partial charge in [0.05, 0.1) is 11.5 Å². The van der Waals surface area contributed by atoms with Gasteiger partial charge in [0.25, 0.3) is 5.69 Å². The van der Waals surface area contributed by atoms with Gasteiger partial charge in [-0.1, -0.05) is 38.3 Å². The first kappa shape index (κ1) is 16.0. The first-order valence-corrected chi connectivity index (χ1v) is 7.68. The van der Waals surface area contributed by atoms with E-state index in [9.17, 15) is 10.1 Å². The second-order valence-electron chi connectivity index (χ2n) is 5.24. The van der Waals surface area contributed by atoms with E-state index in [0.717, 1.165) is 29.9 Å². The second kappa shape index (κ2) is 8.17. The maximum atomic E-state index is 10.6. The smallest absolute Gasteiger partial charge is 0.269 e. The Morgan fingerprint density at radius 1 is 0.909 bits per heavy atom. The summed E-state index contributed by atoms with van der Waals surface area (Å²) in [5, 5.41) is 10.6. The van der Waals surface area contributed by atoms with Crippen LogP contribution in [0.25, 0.3) is 11.1 Å². The van der Waals surface area contributed by atoms with E-state index < -0.39 is 0 Å². The normalized spacial score (nSPS) is 10.4. The van der Waals surface area contributed by atoms with E-state index in [4.69, 9.17) is 4.74 Å². The molecule has 0 saturated heterocycles. The van der Waals surface area contributed by atoms with Crippen LogP contribution in [0.1, 0.15) is 32.6 Å². The molecule has 0 N–H and O–H groups in total. The molecule has 0 aliphatic heterocycles. The fraction of sp³-hybridized carbons (Fsp3) is 0.333. The maximum Gasteiger partial charge on any atom is 0.269 e. The highest BCUT2D eigenvalue weighted by Gasteiger charge is 2.05. The van der Waals surface area contributed by atoms with Gasteiger partial charge in [-0.05, 0) is 41.8 Å². The summed E-state index contributed by atoms with van der Waals surface area (Å²) in [7, 11) is 0. The highest BCUT2D eigenvalue weighted by atomic mass is 16.6. The number of non-ortho nitro benzene ring substituents is 1. The van der Waals surface area contributed by atoms with Gasteiger partial charge in [0.15, 0.2) is 0 Å². The monoisotopic (exact) mass is 299 g/mol. The predicted molar refractivity (Wildman–Crippen MR) is 88.2 cm³/mol. The molecule has 0 spiro atoms. The van der Waals surface area contributed by atoms with Crippen molar-refractivity contribution in [3.8, 4) is 16.9 Å².